The molecule has 8 nitrogen and oxygen atoms in total. The third-order valence-electron chi connectivity index (χ3n) is 9.61. The van der Waals surface area contributed by atoms with Gasteiger partial charge in [-0.25, -0.2) is 4.57 Å². The molecule has 0 fully saturated rings. The minimum atomic E-state index is -4.72. The normalized spacial score (nSPS) is 15.6. The van der Waals surface area contributed by atoms with Gasteiger partial charge in [-0.3, -0.25) is 13.8 Å². The summed E-state index contributed by atoms with van der Waals surface area (Å²) in [7, 11) is 1.09. The van der Waals surface area contributed by atoms with E-state index in [0.29, 0.717) is 30.3 Å². The number of phosphoric ester groups is 1. The highest BCUT2D eigenvalue weighted by atomic mass is 31.2. The first kappa shape index (κ1) is 51.6. The summed E-state index contributed by atoms with van der Waals surface area (Å²) in [6, 6.07) is 0. The van der Waals surface area contributed by atoms with E-state index < -0.39 is 31.9 Å². The van der Waals surface area contributed by atoms with Crippen LogP contribution in [0.4, 0.5) is 0 Å². The van der Waals surface area contributed by atoms with Gasteiger partial charge in [0.15, 0.2) is 11.4 Å². The minimum Gasteiger partial charge on any atom is -0.394 e. The van der Waals surface area contributed by atoms with E-state index in [4.69, 9.17) is 9.05 Å². The molecule has 0 radical (unpaired) electrons. The summed E-state index contributed by atoms with van der Waals surface area (Å²) in [6.07, 6.45) is 40.8. The molecule has 3 atom stereocenters. The predicted octanol–water partition coefficient (Wildman–Crippen LogP) is 11.5. The van der Waals surface area contributed by atoms with E-state index >= 15 is 0 Å². The van der Waals surface area contributed by atoms with Crippen molar-refractivity contribution in [3.63, 3.8) is 0 Å². The molecule has 0 spiro atoms. The number of aliphatic hydroxyl groups is 2. The van der Waals surface area contributed by atoms with E-state index in [-0.39, 0.29) is 19.4 Å². The van der Waals surface area contributed by atoms with Crippen molar-refractivity contribution in [2.75, 3.05) is 40.9 Å². The first-order chi connectivity index (χ1) is 25.4. The molecule has 0 saturated heterocycles. The molecular weight excluding hydrogens is 687 g/mol. The van der Waals surface area contributed by atoms with Crippen LogP contribution < -0.4 is 0 Å². The number of unbranched alkanes of at least 4 members (excludes halogenated alkanes) is 17. The molecule has 3 N–H and O–H groups in total. The number of carbonyl (C=O) groups is 1. The molecule has 0 rings (SSSR count). The molecule has 9 heteroatoms. The van der Waals surface area contributed by atoms with Gasteiger partial charge in [0.1, 0.15) is 19.3 Å². The zero-order chi connectivity index (χ0) is 39.5. The number of phosphoric acid groups is 1. The third kappa shape index (κ3) is 30.5. The minimum absolute atomic E-state index is 0.0171. The molecule has 0 aliphatic carbocycles. The predicted molar refractivity (Wildman–Crippen MR) is 224 cm³/mol. The Morgan fingerprint density at radius 2 is 1.13 bits per heavy atom. The number of allylic oxidation sites excluding steroid dienone is 8. The van der Waals surface area contributed by atoms with Gasteiger partial charge in [0.25, 0.3) is 0 Å². The third-order valence-corrected chi connectivity index (χ3v) is 10.7. The van der Waals surface area contributed by atoms with Gasteiger partial charge in [-0.05, 0) is 64.2 Å². The van der Waals surface area contributed by atoms with Gasteiger partial charge in [-0.2, -0.15) is 0 Å². The topological polar surface area (TPSA) is 113 Å². The van der Waals surface area contributed by atoms with Crippen molar-refractivity contribution in [1.82, 2.24) is 0 Å². The molecule has 53 heavy (non-hydrogen) atoms. The van der Waals surface area contributed by atoms with Crippen LogP contribution in [-0.4, -0.2) is 78.0 Å². The van der Waals surface area contributed by atoms with Crippen LogP contribution in [-0.2, 0) is 18.4 Å². The molecule has 0 amide bonds. The highest BCUT2D eigenvalue weighted by Gasteiger charge is 2.50. The Hall–Kier alpha value is -1.38. The van der Waals surface area contributed by atoms with E-state index in [1.807, 2.05) is 21.1 Å². The Bertz CT molecular complexity index is 1040. The zero-order valence-electron chi connectivity index (χ0n) is 34.9. The van der Waals surface area contributed by atoms with Crippen molar-refractivity contribution >= 4 is 13.6 Å². The number of carbonyl (C=O) groups excluding carboxylic acids is 1. The summed E-state index contributed by atoms with van der Waals surface area (Å²) in [5.41, 5.74) is -2.02. The lowest BCUT2D eigenvalue weighted by Gasteiger charge is -2.37. The van der Waals surface area contributed by atoms with Gasteiger partial charge in [0.05, 0.1) is 27.7 Å². The van der Waals surface area contributed by atoms with Gasteiger partial charge in [-0.1, -0.05) is 152 Å². The van der Waals surface area contributed by atoms with E-state index in [1.54, 1.807) is 0 Å². The lowest BCUT2D eigenvalue weighted by atomic mass is 9.89. The van der Waals surface area contributed by atoms with Crippen LogP contribution in [0, 0.1) is 0 Å². The van der Waals surface area contributed by atoms with Gasteiger partial charge in [0.2, 0.25) is 0 Å². The SMILES string of the molecule is CCCCC/C=C\C/C=C\C/C=C\C/C=C\CCCCC(OP(=O)(O)OCC[N+](C)(C)C)(C(=O)[14CH2]CCCCCCCCCCCCCC)[C@@H](O)CO. The first-order valence-corrected chi connectivity index (χ1v) is 22.8. The van der Waals surface area contributed by atoms with Crippen molar-refractivity contribution in [3.8, 4) is 0 Å². The quantitative estimate of drug-likeness (QED) is 0.0248. The Balaban J connectivity index is 4.98. The second-order valence-electron chi connectivity index (χ2n) is 15.7. The summed E-state index contributed by atoms with van der Waals surface area (Å²) in [5.74, 6) is -0.454. The number of nitrogens with zero attached hydrogens (tertiary/aromatic N) is 1. The van der Waals surface area contributed by atoms with Crippen LogP contribution >= 0.6 is 7.82 Å². The zero-order valence-corrected chi connectivity index (χ0v) is 35.8. The van der Waals surface area contributed by atoms with Crippen LogP contribution in [0.2, 0.25) is 0 Å². The molecule has 0 bridgehead atoms. The number of ketones is 1. The Kier molecular flexibility index (Phi) is 33.0. The lowest BCUT2D eigenvalue weighted by Crippen LogP contribution is -2.53. The maximum absolute atomic E-state index is 13.8. The van der Waals surface area contributed by atoms with Crippen molar-refractivity contribution in [2.45, 2.75) is 186 Å². The first-order valence-electron chi connectivity index (χ1n) is 21.3. The summed E-state index contributed by atoms with van der Waals surface area (Å²) in [6.45, 7) is 4.10. The second kappa shape index (κ2) is 33.9. The fraction of sp³-hybridized carbons (Fsp3) is 0.795. The number of aliphatic hydroxyl groups excluding tert-OH is 2. The number of hydrogen-bond donors (Lipinski definition) is 3. The van der Waals surface area contributed by atoms with E-state index in [0.717, 1.165) is 44.9 Å². The monoisotopic (exact) mass is 771 g/mol. The number of hydrogen-bond acceptors (Lipinski definition) is 6. The van der Waals surface area contributed by atoms with Crippen molar-refractivity contribution in [1.29, 1.82) is 0 Å². The molecule has 0 aromatic carbocycles. The molecule has 0 aromatic rings. The van der Waals surface area contributed by atoms with Gasteiger partial charge in [0, 0.05) is 6.42 Å². The Morgan fingerprint density at radius 1 is 0.698 bits per heavy atom. The smallest absolute Gasteiger partial charge is 0.394 e. The number of likely N-dealkylation sites (N-methyl/N-ethyl adjacent to an activating group) is 1. The number of quaternary nitrogens is 1. The molecular formula is C44H83NO7P+. The molecule has 0 aliphatic heterocycles. The Morgan fingerprint density at radius 3 is 1.60 bits per heavy atom. The van der Waals surface area contributed by atoms with E-state index in [1.165, 1.54) is 83.5 Å². The summed E-state index contributed by atoms with van der Waals surface area (Å²) >= 11 is 0. The molecule has 310 valence electrons. The van der Waals surface area contributed by atoms with Crippen molar-refractivity contribution < 1.29 is 38.0 Å². The molecule has 0 aliphatic rings. The maximum Gasteiger partial charge on any atom is 0.473 e. The summed E-state index contributed by atoms with van der Waals surface area (Å²) < 4.78 is 24.6. The van der Waals surface area contributed by atoms with Crippen LogP contribution in [0.5, 0.6) is 0 Å². The average molecular weight is 771 g/mol. The highest BCUT2D eigenvalue weighted by molar-refractivity contribution is 7.47. The Labute approximate surface area is 326 Å². The number of rotatable bonds is 38. The van der Waals surface area contributed by atoms with Crippen LogP contribution in [0.3, 0.4) is 0 Å². The standard InChI is InChI=1S/C44H82NO7P/c1-6-8-10-12-14-16-18-20-21-22-23-24-26-28-30-32-34-36-38-44(43(48)41-46,52-53(49,50)51-40-39-45(3,4)5)42(47)37-35-33-31-29-27-25-19-17-15-13-11-9-7-2/h14,16,20-21,23-24,28,30,43,46,48H,6-13,15,17-19,22,25-27,29,31-41H2,1-5H3/p+1/b16-14-,21-20-,24-23-,30-28-/t43-,44?/m0/s1/i37+2. The van der Waals surface area contributed by atoms with Crippen LogP contribution in [0.1, 0.15) is 174 Å². The van der Waals surface area contributed by atoms with E-state index in [9.17, 15) is 24.5 Å². The van der Waals surface area contributed by atoms with Crippen molar-refractivity contribution in [3.05, 3.63) is 48.6 Å². The largest absolute Gasteiger partial charge is 0.473 e. The van der Waals surface area contributed by atoms with E-state index in [2.05, 4.69) is 62.5 Å². The second-order valence-corrected chi connectivity index (χ2v) is 17.1. The summed E-state index contributed by atoms with van der Waals surface area (Å²) in [5, 5.41) is 21.0. The molecule has 2 unspecified atom stereocenters. The average Bonchev–Trinajstić information content (AvgIpc) is 3.11. The lowest BCUT2D eigenvalue weighted by molar-refractivity contribution is -0.870. The van der Waals surface area contributed by atoms with Gasteiger partial charge < -0.3 is 19.6 Å². The molecule has 0 saturated carbocycles. The summed E-state index contributed by atoms with van der Waals surface area (Å²) in [4.78, 5) is 24.5. The molecule has 0 heterocycles. The van der Waals surface area contributed by atoms with Gasteiger partial charge in [-0.15, -0.1) is 0 Å². The fourth-order valence-electron chi connectivity index (χ4n) is 6.18. The van der Waals surface area contributed by atoms with Gasteiger partial charge >= 0.3 is 7.82 Å². The fourth-order valence-corrected chi connectivity index (χ4v) is 7.28. The maximum atomic E-state index is 13.8. The highest BCUT2D eigenvalue weighted by Crippen LogP contribution is 2.50. The van der Waals surface area contributed by atoms with Crippen LogP contribution in [0.15, 0.2) is 48.6 Å². The molecule has 0 aromatic heterocycles. The van der Waals surface area contributed by atoms with Crippen molar-refractivity contribution in [2.24, 2.45) is 0 Å². The number of Topliss-reactive ketones (excluding diaryl/α,β-unsaturated/α-hetero) is 1. The van der Waals surface area contributed by atoms with Crippen LogP contribution in [0.25, 0.3) is 0 Å².